The number of benzene rings is 2. The summed E-state index contributed by atoms with van der Waals surface area (Å²) in [6.45, 7) is 0.191. The first-order valence-electron chi connectivity index (χ1n) is 7.83. The van der Waals surface area contributed by atoms with Crippen LogP contribution in [0.3, 0.4) is 0 Å². The summed E-state index contributed by atoms with van der Waals surface area (Å²) < 4.78 is 14.8. The molecule has 0 aliphatic carbocycles. The van der Waals surface area contributed by atoms with E-state index in [9.17, 15) is 14.4 Å². The number of esters is 2. The van der Waals surface area contributed by atoms with Crippen molar-refractivity contribution in [1.29, 1.82) is 0 Å². The van der Waals surface area contributed by atoms with Crippen molar-refractivity contribution in [3.8, 4) is 5.75 Å². The molecule has 2 aromatic carbocycles. The van der Waals surface area contributed by atoms with Gasteiger partial charge in [-0.1, -0.05) is 18.2 Å². The Morgan fingerprint density at radius 3 is 2.00 bits per heavy atom. The molecule has 136 valence electrons. The van der Waals surface area contributed by atoms with Gasteiger partial charge < -0.3 is 19.5 Å². The van der Waals surface area contributed by atoms with Crippen LogP contribution in [0, 0.1) is 0 Å². The molecule has 0 aliphatic heterocycles. The maximum atomic E-state index is 12.1. The Bertz CT molecular complexity index is 754. The van der Waals surface area contributed by atoms with Crippen molar-refractivity contribution in [2.75, 3.05) is 26.1 Å². The Kier molecular flexibility index (Phi) is 6.73. The lowest BCUT2D eigenvalue weighted by molar-refractivity contribution is -0.116. The Morgan fingerprint density at radius 1 is 0.885 bits per heavy atom. The van der Waals surface area contributed by atoms with Gasteiger partial charge in [0.25, 0.3) is 0 Å². The number of carbonyl (C=O) groups is 3. The smallest absolute Gasteiger partial charge is 0.337 e. The number of nitrogens with one attached hydrogen (secondary N) is 1. The highest BCUT2D eigenvalue weighted by Gasteiger charge is 2.15. The number of hydrogen-bond donors (Lipinski definition) is 1. The van der Waals surface area contributed by atoms with E-state index in [1.54, 1.807) is 12.1 Å². The number of methoxy groups -OCH3 is 2. The van der Waals surface area contributed by atoms with E-state index in [0.717, 1.165) is 0 Å². The van der Waals surface area contributed by atoms with Crippen molar-refractivity contribution in [3.05, 3.63) is 59.7 Å². The van der Waals surface area contributed by atoms with Crippen molar-refractivity contribution < 1.29 is 28.6 Å². The molecule has 0 saturated heterocycles. The summed E-state index contributed by atoms with van der Waals surface area (Å²) >= 11 is 0. The zero-order valence-electron chi connectivity index (χ0n) is 14.5. The lowest BCUT2D eigenvalue weighted by atomic mass is 10.1. The fraction of sp³-hybridized carbons (Fsp3) is 0.211. The molecule has 0 radical (unpaired) electrons. The van der Waals surface area contributed by atoms with E-state index in [2.05, 4.69) is 14.8 Å². The van der Waals surface area contributed by atoms with Gasteiger partial charge >= 0.3 is 11.9 Å². The third-order valence-corrected chi connectivity index (χ3v) is 3.40. The minimum Gasteiger partial charge on any atom is -0.493 e. The predicted octanol–water partition coefficient (Wildman–Crippen LogP) is 2.67. The summed E-state index contributed by atoms with van der Waals surface area (Å²) in [5.74, 6) is -0.906. The average Bonchev–Trinajstić information content (AvgIpc) is 2.67. The maximum absolute atomic E-state index is 12.1. The Morgan fingerprint density at radius 2 is 1.46 bits per heavy atom. The highest BCUT2D eigenvalue weighted by molar-refractivity contribution is 5.99. The lowest BCUT2D eigenvalue weighted by Gasteiger charge is -2.10. The van der Waals surface area contributed by atoms with Crippen molar-refractivity contribution in [1.82, 2.24) is 0 Å². The van der Waals surface area contributed by atoms with Crippen LogP contribution in [-0.2, 0) is 14.3 Å². The van der Waals surface area contributed by atoms with Crippen LogP contribution < -0.4 is 10.1 Å². The molecule has 0 aliphatic rings. The van der Waals surface area contributed by atoms with Crippen LogP contribution in [-0.4, -0.2) is 38.7 Å². The summed E-state index contributed by atoms with van der Waals surface area (Å²) in [6, 6.07) is 13.3. The van der Waals surface area contributed by atoms with E-state index in [-0.39, 0.29) is 35.7 Å². The van der Waals surface area contributed by atoms with Gasteiger partial charge in [-0.15, -0.1) is 0 Å². The first-order chi connectivity index (χ1) is 12.5. The molecule has 2 rings (SSSR count). The van der Waals surface area contributed by atoms with Gasteiger partial charge in [-0.2, -0.15) is 0 Å². The van der Waals surface area contributed by atoms with E-state index in [0.29, 0.717) is 5.75 Å². The molecule has 26 heavy (non-hydrogen) atoms. The predicted molar refractivity (Wildman–Crippen MR) is 94.3 cm³/mol. The summed E-state index contributed by atoms with van der Waals surface area (Å²) in [5, 5.41) is 2.63. The molecule has 1 amide bonds. The molecule has 7 nitrogen and oxygen atoms in total. The van der Waals surface area contributed by atoms with Crippen molar-refractivity contribution in [3.63, 3.8) is 0 Å². The Balaban J connectivity index is 2.03. The molecule has 0 aromatic heterocycles. The van der Waals surface area contributed by atoms with E-state index in [1.165, 1.54) is 32.4 Å². The summed E-state index contributed by atoms with van der Waals surface area (Å²) in [7, 11) is 2.46. The second kappa shape index (κ2) is 9.22. The molecule has 0 unspecified atom stereocenters. The Labute approximate surface area is 150 Å². The molecule has 0 bridgehead atoms. The molecule has 1 N–H and O–H groups in total. The number of hydrogen-bond acceptors (Lipinski definition) is 6. The number of ether oxygens (including phenoxy) is 3. The van der Waals surface area contributed by atoms with Crippen LogP contribution >= 0.6 is 0 Å². The first kappa shape index (κ1) is 19.0. The normalized spacial score (nSPS) is 9.92. The fourth-order valence-electron chi connectivity index (χ4n) is 2.17. The summed E-state index contributed by atoms with van der Waals surface area (Å²) in [5.41, 5.74) is 0.551. The Hall–Kier alpha value is -3.35. The minimum atomic E-state index is -0.626. The van der Waals surface area contributed by atoms with Gasteiger partial charge in [-0.25, -0.2) is 9.59 Å². The van der Waals surface area contributed by atoms with E-state index in [4.69, 9.17) is 4.74 Å². The van der Waals surface area contributed by atoms with Crippen LogP contribution in [0.25, 0.3) is 0 Å². The number of amides is 1. The highest BCUT2D eigenvalue weighted by Crippen LogP contribution is 2.17. The minimum absolute atomic E-state index is 0.102. The number of anilines is 1. The van der Waals surface area contributed by atoms with Gasteiger partial charge in [-0.05, 0) is 30.3 Å². The number of para-hydroxylation sites is 1. The molecule has 0 fully saturated rings. The molecular formula is C19H19NO6. The number of carbonyl (C=O) groups excluding carboxylic acids is 3. The second-order valence-corrected chi connectivity index (χ2v) is 5.24. The largest absolute Gasteiger partial charge is 0.493 e. The molecule has 0 heterocycles. The summed E-state index contributed by atoms with van der Waals surface area (Å²) in [6.07, 6.45) is 0.102. The van der Waals surface area contributed by atoms with Crippen LogP contribution in [0.1, 0.15) is 27.1 Å². The quantitative estimate of drug-likeness (QED) is 0.766. The molecular weight excluding hydrogens is 338 g/mol. The van der Waals surface area contributed by atoms with Gasteiger partial charge in [-0.3, -0.25) is 4.79 Å². The second-order valence-electron chi connectivity index (χ2n) is 5.24. The lowest BCUT2D eigenvalue weighted by Crippen LogP contribution is -2.16. The highest BCUT2D eigenvalue weighted by atomic mass is 16.5. The van der Waals surface area contributed by atoms with Gasteiger partial charge in [0.2, 0.25) is 5.91 Å². The van der Waals surface area contributed by atoms with Gasteiger partial charge in [0.05, 0.1) is 38.4 Å². The zero-order chi connectivity index (χ0) is 18.9. The maximum Gasteiger partial charge on any atom is 0.337 e. The number of rotatable bonds is 7. The molecule has 0 spiro atoms. The molecule has 0 atom stereocenters. The van der Waals surface area contributed by atoms with Gasteiger partial charge in [0.1, 0.15) is 5.75 Å². The third kappa shape index (κ3) is 5.34. The average molecular weight is 357 g/mol. The fourth-order valence-corrected chi connectivity index (χ4v) is 2.17. The van der Waals surface area contributed by atoms with Crippen LogP contribution in [0.15, 0.2) is 48.5 Å². The third-order valence-electron chi connectivity index (χ3n) is 3.40. The first-order valence-corrected chi connectivity index (χ1v) is 7.83. The SMILES string of the molecule is COC(=O)c1cc(NC(=O)CCOc2ccccc2)cc(C(=O)OC)c1. The molecule has 2 aromatic rings. The standard InChI is InChI=1S/C19H19NO6/c1-24-18(22)13-10-14(19(23)25-2)12-15(11-13)20-17(21)8-9-26-16-6-4-3-5-7-16/h3-7,10-12H,8-9H2,1-2H3,(H,20,21). The van der Waals surface area contributed by atoms with Crippen molar-refractivity contribution in [2.24, 2.45) is 0 Å². The van der Waals surface area contributed by atoms with E-state index in [1.807, 2.05) is 18.2 Å². The van der Waals surface area contributed by atoms with Gasteiger partial charge in [0.15, 0.2) is 0 Å². The topological polar surface area (TPSA) is 90.9 Å². The van der Waals surface area contributed by atoms with Gasteiger partial charge in [0, 0.05) is 5.69 Å². The van der Waals surface area contributed by atoms with Crippen molar-refractivity contribution in [2.45, 2.75) is 6.42 Å². The van der Waals surface area contributed by atoms with Crippen molar-refractivity contribution >= 4 is 23.5 Å². The van der Waals surface area contributed by atoms with E-state index >= 15 is 0 Å². The summed E-state index contributed by atoms with van der Waals surface area (Å²) in [4.78, 5) is 35.6. The zero-order valence-corrected chi connectivity index (χ0v) is 14.5. The van der Waals surface area contributed by atoms with Crippen LogP contribution in [0.5, 0.6) is 5.75 Å². The molecule has 7 heteroatoms. The monoisotopic (exact) mass is 357 g/mol. The van der Waals surface area contributed by atoms with Crippen LogP contribution in [0.2, 0.25) is 0 Å². The van der Waals surface area contributed by atoms with Crippen LogP contribution in [0.4, 0.5) is 5.69 Å². The molecule has 0 saturated carbocycles. The van der Waals surface area contributed by atoms with E-state index < -0.39 is 11.9 Å².